The summed E-state index contributed by atoms with van der Waals surface area (Å²) in [4.78, 5) is 40.7. The monoisotopic (exact) mass is 350 g/mol. The van der Waals surface area contributed by atoms with Gasteiger partial charge in [0.1, 0.15) is 12.1 Å². The van der Waals surface area contributed by atoms with Crippen LogP contribution in [0.1, 0.15) is 58.8 Å². The average Bonchev–Trinajstić information content (AvgIpc) is 2.80. The van der Waals surface area contributed by atoms with Gasteiger partial charge in [-0.05, 0) is 39.5 Å². The maximum atomic E-state index is 12.7. The Bertz CT molecular complexity index is 534. The molecule has 7 heteroatoms. The second-order valence-corrected chi connectivity index (χ2v) is 7.94. The van der Waals surface area contributed by atoms with Crippen LogP contribution in [0.25, 0.3) is 0 Å². The van der Waals surface area contributed by atoms with Crippen LogP contribution >= 0.6 is 0 Å². The van der Waals surface area contributed by atoms with E-state index in [0.29, 0.717) is 18.9 Å². The van der Waals surface area contributed by atoms with Gasteiger partial charge in [0, 0.05) is 25.2 Å². The quantitative estimate of drug-likeness (QED) is 0.747. The fourth-order valence-corrected chi connectivity index (χ4v) is 4.29. The first-order chi connectivity index (χ1) is 11.9. The molecule has 2 saturated heterocycles. The van der Waals surface area contributed by atoms with Crippen LogP contribution in [0.2, 0.25) is 0 Å². The van der Waals surface area contributed by atoms with E-state index >= 15 is 0 Å². The van der Waals surface area contributed by atoms with Crippen molar-refractivity contribution in [3.8, 4) is 0 Å². The molecule has 2 N–H and O–H groups in total. The van der Waals surface area contributed by atoms with Crippen molar-refractivity contribution in [3.05, 3.63) is 0 Å². The van der Waals surface area contributed by atoms with Crippen molar-refractivity contribution in [2.45, 2.75) is 76.4 Å². The van der Waals surface area contributed by atoms with Crippen LogP contribution in [-0.4, -0.2) is 64.9 Å². The Kier molecular flexibility index (Phi) is 5.32. The molecule has 0 bridgehead atoms. The lowest BCUT2D eigenvalue weighted by molar-refractivity contribution is -0.136. The predicted molar refractivity (Wildman–Crippen MR) is 93.9 cm³/mol. The van der Waals surface area contributed by atoms with Gasteiger partial charge in [0.05, 0.1) is 0 Å². The maximum Gasteiger partial charge on any atom is 0.325 e. The van der Waals surface area contributed by atoms with Crippen molar-refractivity contribution in [2.24, 2.45) is 0 Å². The fraction of sp³-hybridized carbons (Fsp3) is 0.833. The zero-order valence-corrected chi connectivity index (χ0v) is 15.3. The minimum atomic E-state index is -0.752. The van der Waals surface area contributed by atoms with Crippen LogP contribution in [0.5, 0.6) is 0 Å². The number of imide groups is 1. The largest absolute Gasteiger partial charge is 0.352 e. The molecule has 3 aliphatic rings. The van der Waals surface area contributed by atoms with Crippen molar-refractivity contribution in [2.75, 3.05) is 19.6 Å². The van der Waals surface area contributed by atoms with Crippen LogP contribution in [0.4, 0.5) is 4.79 Å². The molecule has 25 heavy (non-hydrogen) atoms. The predicted octanol–water partition coefficient (Wildman–Crippen LogP) is 1.23. The highest BCUT2D eigenvalue weighted by atomic mass is 16.2. The van der Waals surface area contributed by atoms with Crippen molar-refractivity contribution in [3.63, 3.8) is 0 Å². The Balaban J connectivity index is 1.51. The summed E-state index contributed by atoms with van der Waals surface area (Å²) in [5, 5.41) is 5.85. The molecule has 0 radical (unpaired) electrons. The topological polar surface area (TPSA) is 81.8 Å². The van der Waals surface area contributed by atoms with E-state index in [-0.39, 0.29) is 24.4 Å². The van der Waals surface area contributed by atoms with E-state index < -0.39 is 11.6 Å². The molecule has 0 aromatic heterocycles. The summed E-state index contributed by atoms with van der Waals surface area (Å²) in [6.07, 6.45) is 6.18. The van der Waals surface area contributed by atoms with Crippen LogP contribution in [0.3, 0.4) is 0 Å². The normalized spacial score (nSPS) is 24.8. The number of rotatable bonds is 4. The van der Waals surface area contributed by atoms with Gasteiger partial charge < -0.3 is 15.5 Å². The number of amides is 4. The summed E-state index contributed by atoms with van der Waals surface area (Å²) in [5.41, 5.74) is -0.752. The number of carbonyl (C=O) groups excluding carboxylic acids is 3. The zero-order chi connectivity index (χ0) is 18.0. The molecule has 1 spiro atoms. The molecule has 4 amide bonds. The SMILES string of the molecule is CC(C)N1CCC(NC(=O)CN2C(=O)NC3(CCCCC3)C2=O)CC1. The Morgan fingerprint density at radius 1 is 1.20 bits per heavy atom. The number of urea groups is 1. The number of likely N-dealkylation sites (tertiary alicyclic amines) is 1. The number of nitrogens with zero attached hydrogens (tertiary/aromatic N) is 2. The molecule has 0 aromatic carbocycles. The standard InChI is InChI=1S/C18H30N4O3/c1-13(2)21-10-6-14(7-11-21)19-15(23)12-22-16(24)18(20-17(22)25)8-4-3-5-9-18/h13-14H,3-12H2,1-2H3,(H,19,23)(H,20,25). The number of piperidine rings is 1. The molecule has 0 unspecified atom stereocenters. The first-order valence-electron chi connectivity index (χ1n) is 9.59. The van der Waals surface area contributed by atoms with Crippen LogP contribution in [0.15, 0.2) is 0 Å². The number of hydrogen-bond donors (Lipinski definition) is 2. The summed E-state index contributed by atoms with van der Waals surface area (Å²) in [6, 6.07) is 0.234. The van der Waals surface area contributed by atoms with Crippen molar-refractivity contribution >= 4 is 17.8 Å². The van der Waals surface area contributed by atoms with Gasteiger partial charge in [-0.25, -0.2) is 4.79 Å². The molecule has 2 heterocycles. The molecule has 1 saturated carbocycles. The number of nitrogens with one attached hydrogen (secondary N) is 2. The lowest BCUT2D eigenvalue weighted by atomic mass is 9.82. The van der Waals surface area contributed by atoms with E-state index in [1.807, 2.05) is 0 Å². The van der Waals surface area contributed by atoms with Crippen molar-refractivity contribution in [1.29, 1.82) is 0 Å². The van der Waals surface area contributed by atoms with E-state index in [1.165, 1.54) is 0 Å². The average molecular weight is 350 g/mol. The minimum Gasteiger partial charge on any atom is -0.352 e. The fourth-order valence-electron chi connectivity index (χ4n) is 4.29. The van der Waals surface area contributed by atoms with Gasteiger partial charge in [0.15, 0.2) is 0 Å². The highest BCUT2D eigenvalue weighted by Gasteiger charge is 2.51. The van der Waals surface area contributed by atoms with Gasteiger partial charge in [-0.3, -0.25) is 14.5 Å². The summed E-state index contributed by atoms with van der Waals surface area (Å²) < 4.78 is 0. The molecule has 3 rings (SSSR count). The van der Waals surface area contributed by atoms with Gasteiger partial charge >= 0.3 is 6.03 Å². The summed E-state index contributed by atoms with van der Waals surface area (Å²) >= 11 is 0. The van der Waals surface area contributed by atoms with E-state index in [2.05, 4.69) is 29.4 Å². The lowest BCUT2D eigenvalue weighted by Gasteiger charge is -2.35. The second-order valence-electron chi connectivity index (χ2n) is 7.94. The van der Waals surface area contributed by atoms with Crippen molar-refractivity contribution < 1.29 is 14.4 Å². The first-order valence-corrected chi connectivity index (χ1v) is 9.59. The third-order valence-electron chi connectivity index (χ3n) is 5.88. The molecule has 7 nitrogen and oxygen atoms in total. The van der Waals surface area contributed by atoms with E-state index in [9.17, 15) is 14.4 Å². The summed E-state index contributed by atoms with van der Waals surface area (Å²) in [5.74, 6) is -0.457. The zero-order valence-electron chi connectivity index (χ0n) is 15.3. The molecule has 1 aliphatic carbocycles. The lowest BCUT2D eigenvalue weighted by Crippen LogP contribution is -2.50. The van der Waals surface area contributed by atoms with Crippen LogP contribution in [0, 0.1) is 0 Å². The highest BCUT2D eigenvalue weighted by Crippen LogP contribution is 2.33. The van der Waals surface area contributed by atoms with Crippen molar-refractivity contribution in [1.82, 2.24) is 20.4 Å². The summed E-state index contributed by atoms with van der Waals surface area (Å²) in [6.45, 7) is 6.12. The second kappa shape index (κ2) is 7.32. The third-order valence-corrected chi connectivity index (χ3v) is 5.88. The van der Waals surface area contributed by atoms with Gasteiger partial charge in [-0.2, -0.15) is 0 Å². The Morgan fingerprint density at radius 2 is 1.84 bits per heavy atom. The van der Waals surface area contributed by atoms with Crippen LogP contribution in [-0.2, 0) is 9.59 Å². The minimum absolute atomic E-state index is 0.131. The van der Waals surface area contributed by atoms with Gasteiger partial charge in [0.25, 0.3) is 5.91 Å². The molecule has 140 valence electrons. The van der Waals surface area contributed by atoms with Gasteiger partial charge in [-0.15, -0.1) is 0 Å². The summed E-state index contributed by atoms with van der Waals surface area (Å²) in [7, 11) is 0. The van der Waals surface area contributed by atoms with Gasteiger partial charge in [0.2, 0.25) is 5.91 Å². The molecule has 2 aliphatic heterocycles. The molecular formula is C18H30N4O3. The Labute approximate surface area is 149 Å². The van der Waals surface area contributed by atoms with Gasteiger partial charge in [-0.1, -0.05) is 19.3 Å². The van der Waals surface area contributed by atoms with E-state index in [4.69, 9.17) is 0 Å². The smallest absolute Gasteiger partial charge is 0.325 e. The molecular weight excluding hydrogens is 320 g/mol. The third kappa shape index (κ3) is 3.81. The molecule has 0 atom stereocenters. The number of carbonyl (C=O) groups is 3. The van der Waals surface area contributed by atoms with E-state index in [1.54, 1.807) is 0 Å². The Morgan fingerprint density at radius 3 is 2.44 bits per heavy atom. The first kappa shape index (κ1) is 18.2. The Hall–Kier alpha value is -1.63. The van der Waals surface area contributed by atoms with E-state index in [0.717, 1.165) is 50.1 Å². The highest BCUT2D eigenvalue weighted by molar-refractivity contribution is 6.09. The maximum absolute atomic E-state index is 12.7. The molecule has 3 fully saturated rings. The van der Waals surface area contributed by atoms with Crippen LogP contribution < -0.4 is 10.6 Å². The number of hydrogen-bond acceptors (Lipinski definition) is 4. The molecule has 0 aromatic rings.